The van der Waals surface area contributed by atoms with Gasteiger partial charge in [0.05, 0.1) is 0 Å². The average Bonchev–Trinajstić information content (AvgIpc) is 3.06. The smallest absolute Gasteiger partial charge is 0.260 e. The lowest BCUT2D eigenvalue weighted by molar-refractivity contribution is 0.0764. The zero-order valence-electron chi connectivity index (χ0n) is 16.6. The van der Waals surface area contributed by atoms with Crippen LogP contribution in [0, 0.1) is 12.7 Å². The highest BCUT2D eigenvalue weighted by Gasteiger charge is 2.32. The van der Waals surface area contributed by atoms with Crippen LogP contribution in [0.5, 0.6) is 11.6 Å². The van der Waals surface area contributed by atoms with Crippen LogP contribution in [0.4, 0.5) is 4.39 Å². The van der Waals surface area contributed by atoms with E-state index >= 15 is 0 Å². The molecule has 0 atom stereocenters. The fourth-order valence-corrected chi connectivity index (χ4v) is 3.40. The topological polar surface area (TPSA) is 71.5 Å². The molecule has 0 bridgehead atoms. The van der Waals surface area contributed by atoms with Crippen molar-refractivity contribution < 1.29 is 18.7 Å². The number of carbonyl (C=O) groups excluding carboxylic acids is 2. The van der Waals surface area contributed by atoms with Crippen LogP contribution in [-0.2, 0) is 13.1 Å². The fraction of sp³-hybridized carbons (Fsp3) is 0.174. The number of hydrogen-bond acceptors (Lipinski definition) is 4. The Bertz CT molecular complexity index is 1130. The van der Waals surface area contributed by atoms with Crippen LogP contribution in [0.2, 0.25) is 0 Å². The van der Waals surface area contributed by atoms with Gasteiger partial charge in [-0.05, 0) is 53.9 Å². The van der Waals surface area contributed by atoms with Crippen molar-refractivity contribution in [1.29, 1.82) is 0 Å². The van der Waals surface area contributed by atoms with Gasteiger partial charge < -0.3 is 15.0 Å². The molecule has 0 saturated heterocycles. The van der Waals surface area contributed by atoms with Crippen molar-refractivity contribution >= 4 is 11.8 Å². The Labute approximate surface area is 173 Å². The number of carbonyl (C=O) groups is 2. The maximum Gasteiger partial charge on any atom is 0.260 e. The van der Waals surface area contributed by atoms with Gasteiger partial charge in [-0.2, -0.15) is 0 Å². The van der Waals surface area contributed by atoms with E-state index in [4.69, 9.17) is 4.74 Å². The number of nitrogens with one attached hydrogen (secondary N) is 1. The van der Waals surface area contributed by atoms with Crippen molar-refractivity contribution in [2.24, 2.45) is 0 Å². The number of nitrogens with zero attached hydrogens (tertiary/aromatic N) is 2. The van der Waals surface area contributed by atoms with Gasteiger partial charge in [0.1, 0.15) is 5.56 Å². The van der Waals surface area contributed by atoms with Gasteiger partial charge in [-0.15, -0.1) is 0 Å². The quantitative estimate of drug-likeness (QED) is 0.700. The minimum absolute atomic E-state index is 0.0255. The van der Waals surface area contributed by atoms with E-state index in [2.05, 4.69) is 10.3 Å². The Balaban J connectivity index is 1.54. The summed E-state index contributed by atoms with van der Waals surface area (Å²) in [5.41, 5.74) is 3.34. The third kappa shape index (κ3) is 3.74. The number of amides is 2. The molecule has 2 heterocycles. The van der Waals surface area contributed by atoms with Crippen LogP contribution in [-0.4, -0.2) is 28.7 Å². The van der Waals surface area contributed by atoms with Gasteiger partial charge in [-0.1, -0.05) is 18.2 Å². The predicted octanol–water partition coefficient (Wildman–Crippen LogP) is 3.84. The molecule has 0 radical (unpaired) electrons. The predicted molar refractivity (Wildman–Crippen MR) is 109 cm³/mol. The molecule has 7 heteroatoms. The highest BCUT2D eigenvalue weighted by atomic mass is 19.1. The number of pyridine rings is 1. The van der Waals surface area contributed by atoms with Gasteiger partial charge in [0, 0.05) is 31.9 Å². The molecule has 1 N–H and O–H groups in total. The standard InChI is InChI=1S/C23H20FN3O3/c1-14-3-8-19(18(24)11-14)30-22-20-17(9-10-26-22)13-27(23(20)29)12-15-4-6-16(7-5-15)21(28)25-2/h3-11H,12-13H2,1-2H3,(H,25,28). The third-order valence-corrected chi connectivity index (χ3v) is 4.98. The van der Waals surface area contributed by atoms with Crippen LogP contribution < -0.4 is 10.1 Å². The second-order valence-electron chi connectivity index (χ2n) is 7.12. The zero-order chi connectivity index (χ0) is 21.3. The first-order valence-corrected chi connectivity index (χ1v) is 9.48. The van der Waals surface area contributed by atoms with Crippen LogP contribution in [0.3, 0.4) is 0 Å². The van der Waals surface area contributed by atoms with Crippen molar-refractivity contribution in [3.8, 4) is 11.6 Å². The first-order valence-electron chi connectivity index (χ1n) is 9.48. The Kier molecular flexibility index (Phi) is 5.18. The number of ether oxygens (including phenoxy) is 1. The number of aryl methyl sites for hydroxylation is 1. The summed E-state index contributed by atoms with van der Waals surface area (Å²) < 4.78 is 19.8. The summed E-state index contributed by atoms with van der Waals surface area (Å²) in [6.07, 6.45) is 1.55. The van der Waals surface area contributed by atoms with E-state index in [9.17, 15) is 14.0 Å². The van der Waals surface area contributed by atoms with E-state index in [1.54, 1.807) is 49.3 Å². The number of halogens is 1. The molecule has 6 nitrogen and oxygen atoms in total. The van der Waals surface area contributed by atoms with Crippen molar-refractivity contribution in [3.05, 3.63) is 88.4 Å². The fourth-order valence-electron chi connectivity index (χ4n) is 3.40. The van der Waals surface area contributed by atoms with E-state index in [0.717, 1.165) is 16.7 Å². The van der Waals surface area contributed by atoms with Gasteiger partial charge in [0.25, 0.3) is 11.8 Å². The van der Waals surface area contributed by atoms with Crippen LogP contribution in [0.25, 0.3) is 0 Å². The number of benzene rings is 2. The largest absolute Gasteiger partial charge is 0.435 e. The zero-order valence-corrected chi connectivity index (χ0v) is 16.6. The van der Waals surface area contributed by atoms with Crippen molar-refractivity contribution in [2.75, 3.05) is 7.05 Å². The Morgan fingerprint density at radius 1 is 1.20 bits per heavy atom. The SMILES string of the molecule is CNC(=O)c1ccc(CN2Cc3ccnc(Oc4ccc(C)cc4F)c3C2=O)cc1. The van der Waals surface area contributed by atoms with Gasteiger partial charge in [-0.3, -0.25) is 9.59 Å². The molecule has 30 heavy (non-hydrogen) atoms. The molecule has 1 aliphatic heterocycles. The molecule has 0 spiro atoms. The highest BCUT2D eigenvalue weighted by molar-refractivity contribution is 6.00. The molecule has 4 rings (SSSR count). The number of fused-ring (bicyclic) bond motifs is 1. The summed E-state index contributed by atoms with van der Waals surface area (Å²) in [5, 5.41) is 2.57. The summed E-state index contributed by atoms with van der Waals surface area (Å²) in [5.74, 6) is -0.776. The summed E-state index contributed by atoms with van der Waals surface area (Å²) in [6, 6.07) is 13.5. The first kappa shape index (κ1) is 19.6. The van der Waals surface area contributed by atoms with Gasteiger partial charge in [0.2, 0.25) is 5.88 Å². The Morgan fingerprint density at radius 3 is 2.67 bits per heavy atom. The Morgan fingerprint density at radius 2 is 1.97 bits per heavy atom. The lowest BCUT2D eigenvalue weighted by Gasteiger charge is -2.16. The van der Waals surface area contributed by atoms with E-state index in [1.165, 1.54) is 12.1 Å². The molecule has 2 amide bonds. The minimum Gasteiger partial charge on any atom is -0.435 e. The third-order valence-electron chi connectivity index (χ3n) is 4.98. The maximum absolute atomic E-state index is 14.2. The molecule has 152 valence electrons. The molecule has 1 aliphatic rings. The molecular weight excluding hydrogens is 385 g/mol. The summed E-state index contributed by atoms with van der Waals surface area (Å²) in [7, 11) is 1.58. The Hall–Kier alpha value is -3.74. The van der Waals surface area contributed by atoms with E-state index < -0.39 is 5.82 Å². The molecule has 0 unspecified atom stereocenters. The van der Waals surface area contributed by atoms with Crippen LogP contribution in [0.1, 0.15) is 37.4 Å². The monoisotopic (exact) mass is 405 g/mol. The van der Waals surface area contributed by atoms with Crippen LogP contribution >= 0.6 is 0 Å². The van der Waals surface area contributed by atoms with Crippen molar-refractivity contribution in [3.63, 3.8) is 0 Å². The van der Waals surface area contributed by atoms with E-state index in [0.29, 0.717) is 24.2 Å². The van der Waals surface area contributed by atoms with Crippen molar-refractivity contribution in [1.82, 2.24) is 15.2 Å². The van der Waals surface area contributed by atoms with Crippen LogP contribution in [0.15, 0.2) is 54.7 Å². The minimum atomic E-state index is -0.507. The van der Waals surface area contributed by atoms with Gasteiger partial charge in [0.15, 0.2) is 11.6 Å². The summed E-state index contributed by atoms with van der Waals surface area (Å²) in [6.45, 7) is 2.56. The lowest BCUT2D eigenvalue weighted by Crippen LogP contribution is -2.23. The molecular formula is C23H20FN3O3. The average molecular weight is 405 g/mol. The first-order chi connectivity index (χ1) is 14.5. The molecule has 0 aliphatic carbocycles. The molecule has 2 aromatic carbocycles. The number of aromatic nitrogens is 1. The number of hydrogen-bond donors (Lipinski definition) is 1. The number of rotatable bonds is 5. The molecule has 1 aromatic heterocycles. The summed E-state index contributed by atoms with van der Waals surface area (Å²) in [4.78, 5) is 30.5. The summed E-state index contributed by atoms with van der Waals surface area (Å²) >= 11 is 0. The normalized spacial score (nSPS) is 12.6. The van der Waals surface area contributed by atoms with Gasteiger partial charge >= 0.3 is 0 Å². The van der Waals surface area contributed by atoms with Crippen molar-refractivity contribution in [2.45, 2.75) is 20.0 Å². The lowest BCUT2D eigenvalue weighted by atomic mass is 10.1. The van der Waals surface area contributed by atoms with Gasteiger partial charge in [-0.25, -0.2) is 9.37 Å². The second kappa shape index (κ2) is 7.94. The molecule has 0 saturated carbocycles. The maximum atomic E-state index is 14.2. The molecule has 3 aromatic rings. The van der Waals surface area contributed by atoms with E-state index in [-0.39, 0.29) is 23.4 Å². The second-order valence-corrected chi connectivity index (χ2v) is 7.12. The van der Waals surface area contributed by atoms with E-state index in [1.807, 2.05) is 12.1 Å². The molecule has 0 fully saturated rings. The highest BCUT2D eigenvalue weighted by Crippen LogP contribution is 2.33.